The first-order valence-corrected chi connectivity index (χ1v) is 11.7. The van der Waals surface area contributed by atoms with Crippen molar-refractivity contribution in [3.8, 4) is 22.9 Å². The van der Waals surface area contributed by atoms with Gasteiger partial charge in [-0.3, -0.25) is 4.72 Å². The van der Waals surface area contributed by atoms with Gasteiger partial charge in [0, 0.05) is 28.6 Å². The number of hydrogen-bond donors (Lipinski definition) is 1. The number of pyridine rings is 1. The normalized spacial score (nSPS) is 12.0. The molecule has 0 saturated carbocycles. The van der Waals surface area contributed by atoms with Crippen LogP contribution in [0.1, 0.15) is 5.56 Å². The molecule has 4 aromatic rings. The number of anilines is 1. The number of aromatic nitrogens is 2. The average molecular weight is 496 g/mol. The molecule has 2 aromatic carbocycles. The number of methoxy groups -OCH3 is 2. The van der Waals surface area contributed by atoms with E-state index in [1.165, 1.54) is 50.7 Å². The Kier molecular flexibility index (Phi) is 5.89. The molecule has 7 nitrogen and oxygen atoms in total. The van der Waals surface area contributed by atoms with Crippen molar-refractivity contribution in [3.63, 3.8) is 0 Å². The van der Waals surface area contributed by atoms with Gasteiger partial charge in [0.1, 0.15) is 5.75 Å². The van der Waals surface area contributed by atoms with Gasteiger partial charge in [0.25, 0.3) is 10.0 Å². The zero-order valence-corrected chi connectivity index (χ0v) is 18.8. The zero-order chi connectivity index (χ0) is 23.8. The summed E-state index contributed by atoms with van der Waals surface area (Å²) in [5.74, 6) is 0.121. The topological polar surface area (TPSA) is 90.4 Å². The molecule has 0 aliphatic carbocycles. The molecule has 33 heavy (non-hydrogen) atoms. The molecule has 12 heteroatoms. The van der Waals surface area contributed by atoms with Gasteiger partial charge in [-0.25, -0.2) is 18.4 Å². The molecule has 0 unspecified atom stereocenters. The predicted molar refractivity (Wildman–Crippen MR) is 118 cm³/mol. The summed E-state index contributed by atoms with van der Waals surface area (Å²) in [5, 5.41) is 2.82. The van der Waals surface area contributed by atoms with E-state index in [0.717, 1.165) is 23.5 Å². The Morgan fingerprint density at radius 2 is 1.82 bits per heavy atom. The maximum Gasteiger partial charge on any atom is 0.416 e. The third kappa shape index (κ3) is 4.57. The number of benzene rings is 2. The van der Waals surface area contributed by atoms with Gasteiger partial charge in [0.15, 0.2) is 5.13 Å². The Bertz CT molecular complexity index is 1420. The van der Waals surface area contributed by atoms with Gasteiger partial charge in [0.2, 0.25) is 5.88 Å². The van der Waals surface area contributed by atoms with E-state index < -0.39 is 21.8 Å². The quantitative estimate of drug-likeness (QED) is 0.396. The van der Waals surface area contributed by atoms with Crippen LogP contribution in [0.3, 0.4) is 0 Å². The Labute approximate surface area is 190 Å². The van der Waals surface area contributed by atoms with Crippen LogP contribution < -0.4 is 14.2 Å². The second-order valence-corrected chi connectivity index (χ2v) is 9.33. The van der Waals surface area contributed by atoms with Crippen LogP contribution in [0.15, 0.2) is 58.9 Å². The number of thiazole rings is 1. The molecule has 172 valence electrons. The summed E-state index contributed by atoms with van der Waals surface area (Å²) in [6.07, 6.45) is -3.06. The van der Waals surface area contributed by atoms with Crippen LogP contribution in [-0.2, 0) is 16.2 Å². The maximum atomic E-state index is 13.1. The van der Waals surface area contributed by atoms with E-state index in [-0.39, 0.29) is 27.4 Å². The molecule has 0 aliphatic heterocycles. The predicted octanol–water partition coefficient (Wildman–Crippen LogP) is 5.20. The van der Waals surface area contributed by atoms with Crippen LogP contribution >= 0.6 is 11.3 Å². The standard InChI is InChI=1S/C21H16F3N3O4S2/c1-30-17-11-13(21(22,23)24)3-5-16(17)19-15-6-4-14(9-12(15)10-18(26-19)31-2)33(28,29)27-20-25-7-8-32-20/h3-11H,1-2H3,(H,25,27). The molecule has 4 rings (SSSR count). The van der Waals surface area contributed by atoms with Crippen LogP contribution in [0.4, 0.5) is 18.3 Å². The van der Waals surface area contributed by atoms with E-state index >= 15 is 0 Å². The monoisotopic (exact) mass is 495 g/mol. The second kappa shape index (κ2) is 8.52. The van der Waals surface area contributed by atoms with Gasteiger partial charge in [-0.15, -0.1) is 11.3 Å². The molecule has 0 atom stereocenters. The molecule has 0 fully saturated rings. The molecule has 0 radical (unpaired) electrons. The fourth-order valence-electron chi connectivity index (χ4n) is 3.20. The number of nitrogens with one attached hydrogen (secondary N) is 1. The van der Waals surface area contributed by atoms with Gasteiger partial charge in [0.05, 0.1) is 30.4 Å². The van der Waals surface area contributed by atoms with Gasteiger partial charge in [-0.2, -0.15) is 13.2 Å². The minimum Gasteiger partial charge on any atom is -0.496 e. The third-order valence-electron chi connectivity index (χ3n) is 4.74. The van der Waals surface area contributed by atoms with E-state index in [9.17, 15) is 21.6 Å². The lowest BCUT2D eigenvalue weighted by molar-refractivity contribution is -0.137. The van der Waals surface area contributed by atoms with Gasteiger partial charge in [-0.1, -0.05) is 6.07 Å². The first-order chi connectivity index (χ1) is 15.6. The van der Waals surface area contributed by atoms with Gasteiger partial charge >= 0.3 is 6.18 Å². The van der Waals surface area contributed by atoms with Gasteiger partial charge in [-0.05, 0) is 35.7 Å². The zero-order valence-electron chi connectivity index (χ0n) is 17.2. The van der Waals surface area contributed by atoms with Crippen LogP contribution in [0.25, 0.3) is 22.0 Å². The smallest absolute Gasteiger partial charge is 0.416 e. The van der Waals surface area contributed by atoms with Gasteiger partial charge < -0.3 is 9.47 Å². The van der Waals surface area contributed by atoms with E-state index in [1.807, 2.05) is 0 Å². The minimum absolute atomic E-state index is 0.0243. The Morgan fingerprint density at radius 1 is 1.03 bits per heavy atom. The lowest BCUT2D eigenvalue weighted by Crippen LogP contribution is -2.12. The lowest BCUT2D eigenvalue weighted by Gasteiger charge is -2.15. The number of alkyl halides is 3. The van der Waals surface area contributed by atoms with E-state index in [2.05, 4.69) is 14.7 Å². The Hall–Kier alpha value is -3.38. The molecule has 2 heterocycles. The summed E-state index contributed by atoms with van der Waals surface area (Å²) in [5.41, 5.74) is -0.283. The Morgan fingerprint density at radius 3 is 2.45 bits per heavy atom. The summed E-state index contributed by atoms with van der Waals surface area (Å²) in [7, 11) is -1.28. The van der Waals surface area contributed by atoms with Crippen molar-refractivity contribution in [1.82, 2.24) is 9.97 Å². The molecule has 0 amide bonds. The highest BCUT2D eigenvalue weighted by Gasteiger charge is 2.31. The summed E-state index contributed by atoms with van der Waals surface area (Å²) in [6, 6.07) is 8.96. The molecule has 1 N–H and O–H groups in total. The minimum atomic E-state index is -4.54. The number of sulfonamides is 1. The van der Waals surface area contributed by atoms with Crippen molar-refractivity contribution in [2.24, 2.45) is 0 Å². The van der Waals surface area contributed by atoms with Crippen LogP contribution in [-0.4, -0.2) is 32.6 Å². The van der Waals surface area contributed by atoms with Crippen LogP contribution in [0.5, 0.6) is 11.6 Å². The van der Waals surface area contributed by atoms with Crippen molar-refractivity contribution in [1.29, 1.82) is 0 Å². The van der Waals surface area contributed by atoms with Crippen molar-refractivity contribution in [3.05, 3.63) is 59.6 Å². The summed E-state index contributed by atoms with van der Waals surface area (Å²) >= 11 is 1.14. The number of rotatable bonds is 6. The lowest BCUT2D eigenvalue weighted by atomic mass is 10.0. The first-order valence-electron chi connectivity index (χ1n) is 9.29. The Balaban J connectivity index is 1.87. The molecule has 2 aromatic heterocycles. The average Bonchev–Trinajstić information content (AvgIpc) is 3.29. The molecule has 0 spiro atoms. The first kappa shape index (κ1) is 22.8. The fourth-order valence-corrected chi connectivity index (χ4v) is 5.02. The third-order valence-corrected chi connectivity index (χ3v) is 6.89. The molecular formula is C21H16F3N3O4S2. The molecule has 0 bridgehead atoms. The highest BCUT2D eigenvalue weighted by molar-refractivity contribution is 7.93. The van der Waals surface area contributed by atoms with E-state index in [4.69, 9.17) is 9.47 Å². The summed E-state index contributed by atoms with van der Waals surface area (Å²) in [6.45, 7) is 0. The highest BCUT2D eigenvalue weighted by Crippen LogP contribution is 2.40. The number of ether oxygens (including phenoxy) is 2. The number of nitrogens with zero attached hydrogens (tertiary/aromatic N) is 2. The van der Waals surface area contributed by atoms with E-state index in [0.29, 0.717) is 16.3 Å². The number of halogens is 3. The summed E-state index contributed by atoms with van der Waals surface area (Å²) < 4.78 is 77.8. The maximum absolute atomic E-state index is 13.1. The largest absolute Gasteiger partial charge is 0.496 e. The highest BCUT2D eigenvalue weighted by atomic mass is 32.2. The van der Waals surface area contributed by atoms with Crippen molar-refractivity contribution in [2.45, 2.75) is 11.1 Å². The van der Waals surface area contributed by atoms with Crippen molar-refractivity contribution < 1.29 is 31.1 Å². The molecule has 0 saturated heterocycles. The van der Waals surface area contributed by atoms with Crippen LogP contribution in [0, 0.1) is 0 Å². The van der Waals surface area contributed by atoms with Crippen LogP contribution in [0.2, 0.25) is 0 Å². The molecule has 0 aliphatic rings. The number of hydrogen-bond acceptors (Lipinski definition) is 7. The van der Waals surface area contributed by atoms with Crippen molar-refractivity contribution in [2.75, 3.05) is 18.9 Å². The van der Waals surface area contributed by atoms with E-state index in [1.54, 1.807) is 5.38 Å². The van der Waals surface area contributed by atoms with Crippen molar-refractivity contribution >= 4 is 37.3 Å². The number of fused-ring (bicyclic) bond motifs is 1. The SMILES string of the molecule is COc1cc2cc(S(=O)(=O)Nc3nccs3)ccc2c(-c2ccc(C(F)(F)F)cc2OC)n1. The molecular weight excluding hydrogens is 479 g/mol. The second-order valence-electron chi connectivity index (χ2n) is 6.75. The summed E-state index contributed by atoms with van der Waals surface area (Å²) in [4.78, 5) is 8.28. The fraction of sp³-hybridized carbons (Fsp3) is 0.143.